The van der Waals surface area contributed by atoms with Gasteiger partial charge in [-0.3, -0.25) is 9.62 Å². The summed E-state index contributed by atoms with van der Waals surface area (Å²) in [7, 11) is 0. The van der Waals surface area contributed by atoms with Gasteiger partial charge in [0.25, 0.3) is 0 Å². The number of fused-ring (bicyclic) bond motifs is 4. The molecule has 2 fully saturated rings. The predicted octanol–water partition coefficient (Wildman–Crippen LogP) is 4.06. The molecule has 1 N–H and O–H groups in total. The summed E-state index contributed by atoms with van der Waals surface area (Å²) in [5, 5.41) is 0. The number of piperidine rings is 1. The van der Waals surface area contributed by atoms with Gasteiger partial charge in [-0.05, 0) is 56.8 Å². The Hall–Kier alpha value is -0.890. The van der Waals surface area contributed by atoms with E-state index in [0.717, 1.165) is 51.1 Å². The van der Waals surface area contributed by atoms with E-state index in [2.05, 4.69) is 9.62 Å². The molecule has 27 heavy (non-hydrogen) atoms. The van der Waals surface area contributed by atoms with Crippen LogP contribution >= 0.6 is 11.9 Å². The van der Waals surface area contributed by atoms with Crippen molar-refractivity contribution in [3.05, 3.63) is 29.3 Å². The van der Waals surface area contributed by atoms with E-state index in [0.29, 0.717) is 24.9 Å². The minimum absolute atomic E-state index is 0.132. The van der Waals surface area contributed by atoms with E-state index in [1.165, 1.54) is 6.07 Å². The van der Waals surface area contributed by atoms with E-state index in [1.54, 1.807) is 11.9 Å². The average Bonchev–Trinajstić information content (AvgIpc) is 2.65. The van der Waals surface area contributed by atoms with Crippen molar-refractivity contribution >= 4 is 11.9 Å². The largest absolute Gasteiger partial charge is 0.475 e. The monoisotopic (exact) mass is 398 g/mol. The van der Waals surface area contributed by atoms with Crippen LogP contribution in [0.2, 0.25) is 0 Å². The number of benzene rings is 1. The highest BCUT2D eigenvalue weighted by molar-refractivity contribution is 7.96. The summed E-state index contributed by atoms with van der Waals surface area (Å²) in [4.78, 5) is 2.24. The lowest BCUT2D eigenvalue weighted by Gasteiger charge is -2.42. The van der Waals surface area contributed by atoms with Crippen molar-refractivity contribution in [2.24, 2.45) is 0 Å². The molecular formula is C20H28F2N2O2S. The molecule has 3 aliphatic heterocycles. The smallest absolute Gasteiger partial charge is 0.168 e. The molecule has 1 saturated heterocycles. The predicted molar refractivity (Wildman–Crippen MR) is 103 cm³/mol. The van der Waals surface area contributed by atoms with Crippen molar-refractivity contribution in [3.8, 4) is 5.75 Å². The van der Waals surface area contributed by atoms with Crippen LogP contribution in [-0.2, 0) is 4.74 Å². The Morgan fingerprint density at radius 2 is 1.96 bits per heavy atom. The Morgan fingerprint density at radius 3 is 2.74 bits per heavy atom. The Kier molecular flexibility index (Phi) is 6.21. The summed E-state index contributed by atoms with van der Waals surface area (Å²) in [6, 6.07) is 2.90. The summed E-state index contributed by atoms with van der Waals surface area (Å²) < 4.78 is 44.3. The summed E-state index contributed by atoms with van der Waals surface area (Å²) in [6.45, 7) is 1.86. The van der Waals surface area contributed by atoms with E-state index in [1.807, 2.05) is 6.26 Å². The van der Waals surface area contributed by atoms with Crippen LogP contribution in [0.3, 0.4) is 0 Å². The number of halogens is 2. The first-order chi connectivity index (χ1) is 13.2. The maximum atomic E-state index is 14.6. The van der Waals surface area contributed by atoms with Gasteiger partial charge in [0, 0.05) is 24.2 Å². The van der Waals surface area contributed by atoms with E-state index < -0.39 is 11.6 Å². The number of hydrogen-bond donors (Lipinski definition) is 1. The first kappa shape index (κ1) is 19.4. The molecule has 4 nitrogen and oxygen atoms in total. The lowest BCUT2D eigenvalue weighted by molar-refractivity contribution is -0.0479. The molecule has 0 amide bonds. The maximum absolute atomic E-state index is 14.6. The SMILES string of the molecule is CSNC1CCCN2COc3c(F)cc(F)cc3[C@H]3CC[C@H](CC3)OCC12. The Labute approximate surface area is 164 Å². The van der Waals surface area contributed by atoms with Gasteiger partial charge in [0.2, 0.25) is 0 Å². The van der Waals surface area contributed by atoms with Gasteiger partial charge in [-0.15, -0.1) is 0 Å². The first-order valence-electron chi connectivity index (χ1n) is 9.91. The quantitative estimate of drug-likeness (QED) is 0.760. The normalized spacial score (nSPS) is 32.0. The molecule has 150 valence electrons. The Bertz CT molecular complexity index is 653. The van der Waals surface area contributed by atoms with Crippen LogP contribution in [0.25, 0.3) is 0 Å². The van der Waals surface area contributed by atoms with Crippen LogP contribution < -0.4 is 9.46 Å². The Balaban J connectivity index is 1.64. The number of rotatable bonds is 2. The highest BCUT2D eigenvalue weighted by Gasteiger charge is 2.35. The van der Waals surface area contributed by atoms with E-state index >= 15 is 0 Å². The molecule has 1 aromatic rings. The molecule has 3 heterocycles. The first-order valence-corrected chi connectivity index (χ1v) is 11.1. The van der Waals surface area contributed by atoms with Gasteiger partial charge in [-0.1, -0.05) is 11.9 Å². The molecule has 0 spiro atoms. The van der Waals surface area contributed by atoms with Crippen molar-refractivity contribution in [3.63, 3.8) is 0 Å². The topological polar surface area (TPSA) is 33.7 Å². The molecule has 5 rings (SSSR count). The van der Waals surface area contributed by atoms with Crippen LogP contribution in [0.5, 0.6) is 5.75 Å². The van der Waals surface area contributed by atoms with Gasteiger partial charge in [0.15, 0.2) is 11.6 Å². The molecule has 1 aliphatic carbocycles. The van der Waals surface area contributed by atoms with Crippen LogP contribution in [0.1, 0.15) is 50.0 Å². The molecular weight excluding hydrogens is 370 g/mol. The molecule has 0 radical (unpaired) electrons. The molecule has 1 aromatic carbocycles. The van der Waals surface area contributed by atoms with E-state index in [-0.39, 0.29) is 23.8 Å². The molecule has 2 unspecified atom stereocenters. The van der Waals surface area contributed by atoms with Gasteiger partial charge in [-0.25, -0.2) is 8.78 Å². The maximum Gasteiger partial charge on any atom is 0.168 e. The van der Waals surface area contributed by atoms with Crippen LogP contribution in [0, 0.1) is 11.6 Å². The van der Waals surface area contributed by atoms with Crippen molar-refractivity contribution in [1.82, 2.24) is 9.62 Å². The number of nitrogens with zero attached hydrogens (tertiary/aromatic N) is 1. The molecule has 4 aliphatic rings. The third kappa shape index (κ3) is 4.26. The minimum Gasteiger partial charge on any atom is -0.475 e. The molecule has 2 bridgehead atoms. The number of nitrogens with one attached hydrogen (secondary N) is 1. The fourth-order valence-corrected chi connectivity index (χ4v) is 5.33. The molecule has 2 atom stereocenters. The number of hydrogen-bond acceptors (Lipinski definition) is 5. The highest BCUT2D eigenvalue weighted by atomic mass is 32.2. The standard InChI is InChI=1S/C20H28F2N2O2S/c1-27-23-18-3-2-8-24-12-26-20-16(9-14(21)10-17(20)22)13-4-6-15(7-5-13)25-11-19(18)24/h9-10,13,15,18-19,23H,2-8,11-12H2,1H3/t13-,15+,18?,19?. The lowest BCUT2D eigenvalue weighted by Crippen LogP contribution is -2.56. The summed E-state index contributed by atoms with van der Waals surface area (Å²) in [5.41, 5.74) is 0.680. The highest BCUT2D eigenvalue weighted by Crippen LogP contribution is 2.40. The van der Waals surface area contributed by atoms with Crippen molar-refractivity contribution in [2.45, 2.75) is 62.6 Å². The van der Waals surface area contributed by atoms with Gasteiger partial charge in [0.05, 0.1) is 18.8 Å². The second-order valence-corrected chi connectivity index (χ2v) is 8.48. The van der Waals surface area contributed by atoms with Crippen LogP contribution in [0.4, 0.5) is 8.78 Å². The average molecular weight is 399 g/mol. The third-order valence-corrected chi connectivity index (χ3v) is 6.73. The second kappa shape index (κ2) is 8.64. The van der Waals surface area contributed by atoms with Crippen molar-refractivity contribution in [1.29, 1.82) is 0 Å². The zero-order valence-electron chi connectivity index (χ0n) is 15.8. The second-order valence-electron chi connectivity index (χ2n) is 7.84. The van der Waals surface area contributed by atoms with Gasteiger partial charge < -0.3 is 9.47 Å². The van der Waals surface area contributed by atoms with Crippen molar-refractivity contribution in [2.75, 3.05) is 26.1 Å². The minimum atomic E-state index is -0.590. The van der Waals surface area contributed by atoms with Crippen LogP contribution in [-0.4, -0.2) is 49.2 Å². The van der Waals surface area contributed by atoms with E-state index in [4.69, 9.17) is 9.47 Å². The Morgan fingerprint density at radius 1 is 1.15 bits per heavy atom. The van der Waals surface area contributed by atoms with Gasteiger partial charge in [-0.2, -0.15) is 0 Å². The van der Waals surface area contributed by atoms with Gasteiger partial charge in [0.1, 0.15) is 12.5 Å². The summed E-state index contributed by atoms with van der Waals surface area (Å²) >= 11 is 1.62. The summed E-state index contributed by atoms with van der Waals surface area (Å²) in [5.74, 6) is -0.749. The van der Waals surface area contributed by atoms with Gasteiger partial charge >= 0.3 is 0 Å². The van der Waals surface area contributed by atoms with Crippen LogP contribution in [0.15, 0.2) is 12.1 Å². The lowest BCUT2D eigenvalue weighted by atomic mass is 9.82. The van der Waals surface area contributed by atoms with E-state index in [9.17, 15) is 8.78 Å². The zero-order chi connectivity index (χ0) is 18.8. The third-order valence-electron chi connectivity index (χ3n) is 6.19. The molecule has 7 heteroatoms. The number of ether oxygens (including phenoxy) is 2. The molecule has 0 aromatic heterocycles. The zero-order valence-corrected chi connectivity index (χ0v) is 16.6. The summed E-state index contributed by atoms with van der Waals surface area (Å²) in [6.07, 6.45) is 8.03. The van der Waals surface area contributed by atoms with Crippen molar-refractivity contribution < 1.29 is 18.3 Å². The fraction of sp³-hybridized carbons (Fsp3) is 0.700. The molecule has 1 saturated carbocycles. The fourth-order valence-electron chi connectivity index (χ4n) is 4.76.